The summed E-state index contributed by atoms with van der Waals surface area (Å²) in [7, 11) is 1.67. The maximum atomic E-state index is 11.7. The lowest BCUT2D eigenvalue weighted by Gasteiger charge is -2.32. The second-order valence-electron chi connectivity index (χ2n) is 6.36. The van der Waals surface area contributed by atoms with Crippen LogP contribution in [0.15, 0.2) is 36.7 Å². The van der Waals surface area contributed by atoms with Gasteiger partial charge in [-0.25, -0.2) is 4.98 Å². The third-order valence-electron chi connectivity index (χ3n) is 4.53. The number of likely N-dealkylation sites (N-methyl/N-ethyl adjacent to an activating group) is 1. The molecule has 1 aromatic heterocycles. The predicted octanol–water partition coefficient (Wildman–Crippen LogP) is 2.50. The number of piperidine rings is 1. The monoisotopic (exact) mass is 340 g/mol. The molecule has 0 bridgehead atoms. The van der Waals surface area contributed by atoms with Crippen molar-refractivity contribution in [1.29, 1.82) is 0 Å². The molecule has 132 valence electrons. The number of para-hydroxylation sites is 1. The number of carbonyl (C=O) groups is 1. The molecule has 1 aliphatic rings. The molecule has 0 aliphatic carbocycles. The molecule has 6 nitrogen and oxygen atoms in total. The number of aromatic nitrogens is 2. The molecule has 25 heavy (non-hydrogen) atoms. The number of nitrogens with one attached hydrogen (secondary N) is 1. The molecule has 1 aliphatic heterocycles. The quantitative estimate of drug-likeness (QED) is 0.906. The van der Waals surface area contributed by atoms with Gasteiger partial charge in [0.05, 0.1) is 6.54 Å². The van der Waals surface area contributed by atoms with E-state index >= 15 is 0 Å². The fourth-order valence-corrected chi connectivity index (χ4v) is 3.17. The van der Waals surface area contributed by atoms with Crippen LogP contribution in [-0.4, -0.2) is 47.5 Å². The molecule has 0 saturated carbocycles. The summed E-state index contributed by atoms with van der Waals surface area (Å²) >= 11 is 0. The van der Waals surface area contributed by atoms with Gasteiger partial charge >= 0.3 is 0 Å². The summed E-state index contributed by atoms with van der Waals surface area (Å²) < 4.78 is 6.06. The predicted molar refractivity (Wildman–Crippen MR) is 95.8 cm³/mol. The summed E-state index contributed by atoms with van der Waals surface area (Å²) in [5.41, 5.74) is 1.93. The van der Waals surface area contributed by atoms with E-state index in [1.54, 1.807) is 19.4 Å². The van der Waals surface area contributed by atoms with Crippen LogP contribution in [0.4, 0.5) is 0 Å². The first kappa shape index (κ1) is 17.4. The highest BCUT2D eigenvalue weighted by atomic mass is 16.5. The van der Waals surface area contributed by atoms with E-state index in [4.69, 9.17) is 4.74 Å². The molecule has 1 atom stereocenters. The first-order chi connectivity index (χ1) is 12.2. The van der Waals surface area contributed by atoms with Gasteiger partial charge in [-0.05, 0) is 37.9 Å². The lowest BCUT2D eigenvalue weighted by atomic mass is 9.94. The minimum atomic E-state index is 0.0381. The highest BCUT2D eigenvalue weighted by Gasteiger charge is 2.26. The van der Waals surface area contributed by atoms with Gasteiger partial charge < -0.3 is 10.1 Å². The Morgan fingerprint density at radius 2 is 2.12 bits per heavy atom. The maximum absolute atomic E-state index is 11.7. The molecule has 1 amide bonds. The van der Waals surface area contributed by atoms with Crippen LogP contribution in [0.25, 0.3) is 0 Å². The first-order valence-electron chi connectivity index (χ1n) is 8.64. The van der Waals surface area contributed by atoms with Gasteiger partial charge in [0.2, 0.25) is 11.8 Å². The summed E-state index contributed by atoms with van der Waals surface area (Å²) in [5, 5.41) is 2.68. The van der Waals surface area contributed by atoms with Crippen LogP contribution in [0.2, 0.25) is 0 Å². The number of likely N-dealkylation sites (tertiary alicyclic amines) is 1. The fourth-order valence-electron chi connectivity index (χ4n) is 3.17. The maximum Gasteiger partial charge on any atom is 0.241 e. The summed E-state index contributed by atoms with van der Waals surface area (Å²) in [6.07, 6.45) is 5.41. The number of carbonyl (C=O) groups excluding carboxylic acids is 1. The first-order valence-corrected chi connectivity index (χ1v) is 8.64. The molecule has 0 spiro atoms. The van der Waals surface area contributed by atoms with Crippen molar-refractivity contribution in [3.8, 4) is 11.6 Å². The van der Waals surface area contributed by atoms with E-state index in [0.29, 0.717) is 12.4 Å². The highest BCUT2D eigenvalue weighted by molar-refractivity contribution is 5.77. The molecular weight excluding hydrogens is 316 g/mol. The minimum Gasteiger partial charge on any atom is -0.437 e. The molecule has 2 heterocycles. The average molecular weight is 340 g/mol. The zero-order chi connectivity index (χ0) is 17.6. The Labute approximate surface area is 148 Å². The number of ether oxygens (including phenoxy) is 1. The normalized spacial score (nSPS) is 17.9. The number of rotatable bonds is 5. The summed E-state index contributed by atoms with van der Waals surface area (Å²) in [5.74, 6) is 1.60. The number of aryl methyl sites for hydroxylation is 1. The second-order valence-corrected chi connectivity index (χ2v) is 6.36. The van der Waals surface area contributed by atoms with Crippen molar-refractivity contribution < 1.29 is 9.53 Å². The molecule has 2 aromatic rings. The van der Waals surface area contributed by atoms with Crippen LogP contribution in [0, 0.1) is 6.92 Å². The molecule has 1 N–H and O–H groups in total. The van der Waals surface area contributed by atoms with Gasteiger partial charge in [0.15, 0.2) is 0 Å². The topological polar surface area (TPSA) is 67.4 Å². The Morgan fingerprint density at radius 1 is 1.32 bits per heavy atom. The molecule has 3 rings (SSSR count). The average Bonchev–Trinajstić information content (AvgIpc) is 2.64. The van der Waals surface area contributed by atoms with Gasteiger partial charge in [-0.1, -0.05) is 18.2 Å². The lowest BCUT2D eigenvalue weighted by molar-refractivity contribution is -0.122. The van der Waals surface area contributed by atoms with E-state index in [1.165, 1.54) is 0 Å². The van der Waals surface area contributed by atoms with E-state index < -0.39 is 0 Å². The van der Waals surface area contributed by atoms with Crippen molar-refractivity contribution in [3.05, 3.63) is 47.9 Å². The smallest absolute Gasteiger partial charge is 0.241 e. The number of benzene rings is 1. The largest absolute Gasteiger partial charge is 0.437 e. The van der Waals surface area contributed by atoms with E-state index in [1.807, 2.05) is 31.2 Å². The van der Waals surface area contributed by atoms with Crippen molar-refractivity contribution in [1.82, 2.24) is 20.2 Å². The van der Waals surface area contributed by atoms with Gasteiger partial charge in [-0.3, -0.25) is 14.7 Å². The van der Waals surface area contributed by atoms with E-state index in [2.05, 4.69) is 20.2 Å². The minimum absolute atomic E-state index is 0.0381. The fraction of sp³-hybridized carbons (Fsp3) is 0.421. The molecule has 1 aromatic carbocycles. The van der Waals surface area contributed by atoms with Crippen LogP contribution >= 0.6 is 0 Å². The Bertz CT molecular complexity index is 735. The lowest BCUT2D eigenvalue weighted by Crippen LogP contribution is -2.41. The van der Waals surface area contributed by atoms with Gasteiger partial charge in [0.1, 0.15) is 11.4 Å². The number of nitrogens with zero attached hydrogens (tertiary/aromatic N) is 3. The Balaban J connectivity index is 1.78. The van der Waals surface area contributed by atoms with Crippen molar-refractivity contribution >= 4 is 5.91 Å². The third kappa shape index (κ3) is 4.33. The molecule has 0 radical (unpaired) electrons. The number of hydrogen-bond donors (Lipinski definition) is 1. The van der Waals surface area contributed by atoms with Crippen LogP contribution in [0.1, 0.15) is 30.0 Å². The van der Waals surface area contributed by atoms with E-state index in [-0.39, 0.29) is 11.8 Å². The summed E-state index contributed by atoms with van der Waals surface area (Å²) in [6, 6.07) is 7.88. The van der Waals surface area contributed by atoms with Gasteiger partial charge in [0, 0.05) is 31.9 Å². The summed E-state index contributed by atoms with van der Waals surface area (Å²) in [6.45, 7) is 4.15. The number of hydrogen-bond acceptors (Lipinski definition) is 5. The Morgan fingerprint density at radius 3 is 2.92 bits per heavy atom. The Kier molecular flexibility index (Phi) is 5.60. The van der Waals surface area contributed by atoms with Crippen molar-refractivity contribution in [3.63, 3.8) is 0 Å². The SMILES string of the molecule is CNC(=O)CN1CCC[C@H](c2nccnc2Oc2ccccc2C)C1. The van der Waals surface area contributed by atoms with Crippen LogP contribution in [-0.2, 0) is 4.79 Å². The molecule has 0 unspecified atom stereocenters. The molecule has 1 fully saturated rings. The van der Waals surface area contributed by atoms with Crippen molar-refractivity contribution in [2.24, 2.45) is 0 Å². The number of amides is 1. The van der Waals surface area contributed by atoms with Gasteiger partial charge in [0.25, 0.3) is 0 Å². The van der Waals surface area contributed by atoms with E-state index in [0.717, 1.165) is 42.9 Å². The van der Waals surface area contributed by atoms with Gasteiger partial charge in [-0.2, -0.15) is 0 Å². The standard InChI is InChI=1S/C19H24N4O2/c1-14-6-3-4-8-16(14)25-19-18(21-9-10-22-19)15-7-5-11-23(12-15)13-17(24)20-2/h3-4,6,8-10,15H,5,7,11-13H2,1-2H3,(H,20,24)/t15-/m0/s1. The second kappa shape index (κ2) is 8.07. The van der Waals surface area contributed by atoms with Crippen LogP contribution < -0.4 is 10.1 Å². The van der Waals surface area contributed by atoms with Crippen molar-refractivity contribution in [2.45, 2.75) is 25.7 Å². The zero-order valence-electron chi connectivity index (χ0n) is 14.7. The molecular formula is C19H24N4O2. The van der Waals surface area contributed by atoms with Crippen LogP contribution in [0.3, 0.4) is 0 Å². The van der Waals surface area contributed by atoms with Crippen molar-refractivity contribution in [2.75, 3.05) is 26.7 Å². The third-order valence-corrected chi connectivity index (χ3v) is 4.53. The van der Waals surface area contributed by atoms with Gasteiger partial charge in [-0.15, -0.1) is 0 Å². The van der Waals surface area contributed by atoms with E-state index in [9.17, 15) is 4.79 Å². The highest BCUT2D eigenvalue weighted by Crippen LogP contribution is 2.33. The summed E-state index contributed by atoms with van der Waals surface area (Å²) in [4.78, 5) is 22.8. The Hall–Kier alpha value is -2.47. The molecule has 6 heteroatoms. The van der Waals surface area contributed by atoms with Crippen LogP contribution in [0.5, 0.6) is 11.6 Å². The molecule has 1 saturated heterocycles. The zero-order valence-corrected chi connectivity index (χ0v) is 14.7.